The zero-order chi connectivity index (χ0) is 23.4. The van der Waals surface area contributed by atoms with Crippen molar-refractivity contribution in [3.05, 3.63) is 59.1 Å². The molecule has 4 heterocycles. The van der Waals surface area contributed by atoms with E-state index in [4.69, 9.17) is 22.1 Å². The minimum Gasteiger partial charge on any atom is -0.386 e. The van der Waals surface area contributed by atoms with Crippen molar-refractivity contribution in [2.24, 2.45) is 10.7 Å². The number of fused-ring (bicyclic) bond motifs is 1. The molecule has 11 heteroatoms. The molecule has 0 aliphatic carbocycles. The smallest absolute Gasteiger partial charge is 0.168 e. The molecule has 0 saturated carbocycles. The van der Waals surface area contributed by atoms with Gasteiger partial charge in [0.1, 0.15) is 22.7 Å². The highest BCUT2D eigenvalue weighted by atomic mass is 35.5. The van der Waals surface area contributed by atoms with Gasteiger partial charge in [-0.05, 0) is 43.7 Å². The maximum Gasteiger partial charge on any atom is 0.168 e. The van der Waals surface area contributed by atoms with Crippen molar-refractivity contribution in [1.82, 2.24) is 9.97 Å². The lowest BCUT2D eigenvalue weighted by atomic mass is 9.92. The van der Waals surface area contributed by atoms with Crippen LogP contribution in [0.5, 0.6) is 0 Å². The number of amidine groups is 1. The zero-order valence-corrected chi connectivity index (χ0v) is 19.3. The van der Waals surface area contributed by atoms with Gasteiger partial charge >= 0.3 is 0 Å². The molecule has 1 aromatic carbocycles. The summed E-state index contributed by atoms with van der Waals surface area (Å²) in [6.45, 7) is 1.83. The number of pyridine rings is 2. The van der Waals surface area contributed by atoms with E-state index in [0.29, 0.717) is 22.0 Å². The Balaban J connectivity index is 1.56. The molecule has 5 rings (SSSR count). The second-order valence-corrected chi connectivity index (χ2v) is 11.3. The third kappa shape index (κ3) is 3.53. The zero-order valence-electron chi connectivity index (χ0n) is 17.7. The van der Waals surface area contributed by atoms with Crippen LogP contribution in [0.3, 0.4) is 0 Å². The van der Waals surface area contributed by atoms with Crippen LogP contribution in [0.25, 0.3) is 10.9 Å². The third-order valence-electron chi connectivity index (χ3n) is 6.26. The number of aromatic nitrogens is 2. The van der Waals surface area contributed by atoms with Crippen molar-refractivity contribution in [2.75, 3.05) is 24.3 Å². The molecular formula is C22H21ClFN5O3S. The van der Waals surface area contributed by atoms with E-state index < -0.39 is 25.9 Å². The Labute approximate surface area is 195 Å². The maximum absolute atomic E-state index is 15.0. The van der Waals surface area contributed by atoms with Gasteiger partial charge in [0.2, 0.25) is 0 Å². The molecule has 33 heavy (non-hydrogen) atoms. The fourth-order valence-electron chi connectivity index (χ4n) is 4.48. The Hall–Kier alpha value is -2.82. The summed E-state index contributed by atoms with van der Waals surface area (Å²) in [5.74, 6) is -0.544. The van der Waals surface area contributed by atoms with Gasteiger partial charge in [0.25, 0.3) is 0 Å². The molecule has 2 aromatic heterocycles. The third-order valence-corrected chi connectivity index (χ3v) is 9.13. The number of ether oxygens (including phenoxy) is 1. The quantitative estimate of drug-likeness (QED) is 0.579. The first-order valence-corrected chi connectivity index (χ1v) is 12.3. The lowest BCUT2D eigenvalue weighted by Crippen LogP contribution is -2.58. The van der Waals surface area contributed by atoms with E-state index in [-0.39, 0.29) is 36.8 Å². The van der Waals surface area contributed by atoms with Crippen LogP contribution in [0.15, 0.2) is 47.7 Å². The second kappa shape index (κ2) is 7.61. The summed E-state index contributed by atoms with van der Waals surface area (Å²) in [5.41, 5.74) is 5.98. The van der Waals surface area contributed by atoms with E-state index in [2.05, 4.69) is 20.3 Å². The first kappa shape index (κ1) is 22.0. The molecule has 1 spiro atoms. The summed E-state index contributed by atoms with van der Waals surface area (Å²) in [6.07, 6.45) is 3.37. The molecular weight excluding hydrogens is 469 g/mol. The molecule has 8 nitrogen and oxygen atoms in total. The molecule has 1 fully saturated rings. The van der Waals surface area contributed by atoms with Gasteiger partial charge in [-0.2, -0.15) is 0 Å². The monoisotopic (exact) mass is 489 g/mol. The molecule has 2 aliphatic rings. The highest BCUT2D eigenvalue weighted by Gasteiger charge is 2.57. The Morgan fingerprint density at radius 3 is 2.79 bits per heavy atom. The van der Waals surface area contributed by atoms with Crippen LogP contribution in [0.1, 0.15) is 18.9 Å². The maximum atomic E-state index is 15.0. The Morgan fingerprint density at radius 2 is 2.06 bits per heavy atom. The van der Waals surface area contributed by atoms with E-state index in [0.717, 1.165) is 5.39 Å². The molecule has 2 atom stereocenters. The highest BCUT2D eigenvalue weighted by molar-refractivity contribution is 7.93. The topological polar surface area (TPSA) is 120 Å². The fraction of sp³-hybridized carbons (Fsp3) is 0.318. The summed E-state index contributed by atoms with van der Waals surface area (Å²) >= 11 is 6.03. The van der Waals surface area contributed by atoms with Crippen LogP contribution in [0.4, 0.5) is 15.9 Å². The predicted octanol–water partition coefficient (Wildman–Crippen LogP) is 3.33. The van der Waals surface area contributed by atoms with Crippen molar-refractivity contribution in [1.29, 1.82) is 0 Å². The normalized spacial score (nSPS) is 26.5. The minimum absolute atomic E-state index is 0.0331. The summed E-state index contributed by atoms with van der Waals surface area (Å²) in [4.78, 5) is 13.2. The predicted molar refractivity (Wildman–Crippen MR) is 125 cm³/mol. The first-order chi connectivity index (χ1) is 15.6. The van der Waals surface area contributed by atoms with E-state index in [1.165, 1.54) is 24.4 Å². The summed E-state index contributed by atoms with van der Waals surface area (Å²) in [5, 5.41) is 4.42. The van der Waals surface area contributed by atoms with Gasteiger partial charge in [-0.15, -0.1) is 0 Å². The largest absolute Gasteiger partial charge is 0.386 e. The number of hydrogen-bond acceptors (Lipinski definition) is 8. The van der Waals surface area contributed by atoms with Crippen LogP contribution in [-0.2, 0) is 20.1 Å². The number of nitrogens with two attached hydrogens (primary N) is 1. The standard InChI is InChI=1S/C22H21ClFN5O3S/c1-21(12-33(30,31)22(20(25)29-21)5-7-32-11-22)16-9-15(2-3-17(16)24)28-19-18-13(4-6-26-19)8-14(23)10-27-18/h2-4,6,8-10H,5,7,11-12H2,1H3,(H2,25,29)(H,26,28)/t21-,22+/m0/s1. The van der Waals surface area contributed by atoms with Gasteiger partial charge in [0.15, 0.2) is 20.4 Å². The van der Waals surface area contributed by atoms with Crippen LogP contribution in [-0.4, -0.2) is 47.9 Å². The molecule has 0 radical (unpaired) electrons. The van der Waals surface area contributed by atoms with Crippen molar-refractivity contribution in [3.63, 3.8) is 0 Å². The van der Waals surface area contributed by atoms with Crippen molar-refractivity contribution < 1.29 is 17.5 Å². The molecule has 1 saturated heterocycles. The second-order valence-electron chi connectivity index (χ2n) is 8.53. The van der Waals surface area contributed by atoms with Crippen LogP contribution in [0, 0.1) is 5.82 Å². The Bertz CT molecular complexity index is 1410. The SMILES string of the molecule is C[C@@]1(c2cc(Nc3nccc4cc(Cl)cnc34)ccc2F)CS(=O)(=O)[C@@]2(CCOC2)C(N)=N1. The minimum atomic E-state index is -3.75. The molecule has 0 bridgehead atoms. The van der Waals surface area contributed by atoms with E-state index in [1.54, 1.807) is 25.3 Å². The summed E-state index contributed by atoms with van der Waals surface area (Å²) in [6, 6.07) is 7.88. The summed E-state index contributed by atoms with van der Waals surface area (Å²) in [7, 11) is -3.75. The molecule has 3 N–H and O–H groups in total. The lowest BCUT2D eigenvalue weighted by Gasteiger charge is -2.39. The number of aliphatic imine (C=N–C) groups is 1. The number of benzene rings is 1. The van der Waals surface area contributed by atoms with Gasteiger partial charge < -0.3 is 15.8 Å². The van der Waals surface area contributed by atoms with Gasteiger partial charge in [-0.25, -0.2) is 17.8 Å². The molecule has 2 aliphatic heterocycles. The molecule has 0 amide bonds. The van der Waals surface area contributed by atoms with Gasteiger partial charge in [0, 0.05) is 35.6 Å². The molecule has 172 valence electrons. The number of rotatable bonds is 3. The van der Waals surface area contributed by atoms with Gasteiger partial charge in [0.05, 0.1) is 17.4 Å². The van der Waals surface area contributed by atoms with Crippen molar-refractivity contribution >= 4 is 49.7 Å². The van der Waals surface area contributed by atoms with E-state index in [9.17, 15) is 12.8 Å². The average Bonchev–Trinajstić information content (AvgIpc) is 3.26. The van der Waals surface area contributed by atoms with Crippen LogP contribution >= 0.6 is 11.6 Å². The van der Waals surface area contributed by atoms with Crippen molar-refractivity contribution in [2.45, 2.75) is 23.6 Å². The van der Waals surface area contributed by atoms with E-state index in [1.807, 2.05) is 0 Å². The number of sulfone groups is 1. The highest BCUT2D eigenvalue weighted by Crippen LogP contribution is 2.42. The van der Waals surface area contributed by atoms with Gasteiger partial charge in [-0.3, -0.25) is 9.98 Å². The number of nitrogens with zero attached hydrogens (tertiary/aromatic N) is 3. The first-order valence-electron chi connectivity index (χ1n) is 10.3. The number of hydrogen-bond donors (Lipinski definition) is 2. The fourth-order valence-corrected chi connectivity index (χ4v) is 6.90. The Kier molecular flexibility index (Phi) is 5.07. The number of anilines is 2. The molecule has 3 aromatic rings. The lowest BCUT2D eigenvalue weighted by molar-refractivity contribution is 0.194. The average molecular weight is 490 g/mol. The van der Waals surface area contributed by atoms with Gasteiger partial charge in [-0.1, -0.05) is 11.6 Å². The van der Waals surface area contributed by atoms with Crippen molar-refractivity contribution in [3.8, 4) is 0 Å². The Morgan fingerprint density at radius 1 is 1.24 bits per heavy atom. The number of nitrogens with one attached hydrogen (secondary N) is 1. The van der Waals surface area contributed by atoms with Crippen LogP contribution in [0.2, 0.25) is 5.02 Å². The van der Waals surface area contributed by atoms with E-state index >= 15 is 0 Å². The number of halogens is 2. The van der Waals surface area contributed by atoms with Crippen LogP contribution < -0.4 is 11.1 Å². The molecule has 0 unspecified atom stereocenters. The summed E-state index contributed by atoms with van der Waals surface area (Å²) < 4.78 is 45.5.